The van der Waals surface area contributed by atoms with E-state index < -0.39 is 97.5 Å². The summed E-state index contributed by atoms with van der Waals surface area (Å²) in [6.07, 6.45) is 61.9. The van der Waals surface area contributed by atoms with Crippen molar-refractivity contribution in [3.05, 3.63) is 24.3 Å². The molecule has 0 amide bonds. The first-order chi connectivity index (χ1) is 48.3. The molecular weight excluding hydrogens is 1310 g/mol. The summed E-state index contributed by atoms with van der Waals surface area (Å²) in [6.45, 7) is 11.9. The van der Waals surface area contributed by atoms with Crippen LogP contribution in [0.2, 0.25) is 0 Å². The molecule has 0 fully saturated rings. The SMILES string of the molecule is CCCCCC/C=C\C=C/CCCCCCCC(=O)O[C@H](COC(=O)CCCCCCCCC(C)CC)COP(=O)(O)OC[C@H](O)COP(=O)(O)OC[C@@H](COC(=O)CCCCCCCCCCCCCCCCCCC(C)C)OC(=O)CCCCCCCCCCCCCCCC(C)C. The average molecular weight is 1460 g/mol. The highest BCUT2D eigenvalue weighted by molar-refractivity contribution is 7.47. The van der Waals surface area contributed by atoms with Crippen LogP contribution in [0.25, 0.3) is 0 Å². The molecule has 0 aliphatic heterocycles. The van der Waals surface area contributed by atoms with E-state index in [4.69, 9.17) is 37.0 Å². The fourth-order valence-corrected chi connectivity index (χ4v) is 13.5. The molecule has 100 heavy (non-hydrogen) atoms. The number of aliphatic hydroxyl groups is 1. The molecule has 590 valence electrons. The summed E-state index contributed by atoms with van der Waals surface area (Å²) in [7, 11) is -9.93. The van der Waals surface area contributed by atoms with Crippen molar-refractivity contribution in [1.82, 2.24) is 0 Å². The Kier molecular flexibility index (Phi) is 69.1. The summed E-state index contributed by atoms with van der Waals surface area (Å²) in [4.78, 5) is 73.0. The maximum absolute atomic E-state index is 13.1. The Morgan fingerprint density at radius 1 is 0.330 bits per heavy atom. The Bertz CT molecular complexity index is 2040. The number of ether oxygens (including phenoxy) is 4. The summed E-state index contributed by atoms with van der Waals surface area (Å²) in [5.74, 6) is 0.181. The number of rotatable bonds is 77. The maximum atomic E-state index is 13.1. The van der Waals surface area contributed by atoms with Gasteiger partial charge in [0.1, 0.15) is 19.3 Å². The third-order valence-electron chi connectivity index (χ3n) is 18.6. The van der Waals surface area contributed by atoms with Gasteiger partial charge in [-0.05, 0) is 69.1 Å². The Morgan fingerprint density at radius 2 is 0.590 bits per heavy atom. The smallest absolute Gasteiger partial charge is 0.462 e. The number of carbonyl (C=O) groups is 4. The quantitative estimate of drug-likeness (QED) is 0.0169. The van der Waals surface area contributed by atoms with Crippen LogP contribution in [0.3, 0.4) is 0 Å². The lowest BCUT2D eigenvalue weighted by molar-refractivity contribution is -0.161. The van der Waals surface area contributed by atoms with Gasteiger partial charge in [-0.2, -0.15) is 0 Å². The van der Waals surface area contributed by atoms with Crippen LogP contribution in [-0.2, 0) is 65.4 Å². The molecule has 6 atom stereocenters. The van der Waals surface area contributed by atoms with Gasteiger partial charge in [0.05, 0.1) is 26.4 Å². The predicted octanol–water partition coefficient (Wildman–Crippen LogP) is 23.7. The second kappa shape index (κ2) is 70.8. The van der Waals surface area contributed by atoms with Gasteiger partial charge in [0.2, 0.25) is 0 Å². The first-order valence-corrected chi connectivity index (χ1v) is 44.2. The average Bonchev–Trinajstić information content (AvgIpc) is 1.02. The number of unbranched alkanes of at least 4 members (excludes halogenated alkanes) is 41. The number of hydrogen-bond donors (Lipinski definition) is 3. The monoisotopic (exact) mass is 1460 g/mol. The minimum absolute atomic E-state index is 0.0840. The van der Waals surface area contributed by atoms with Gasteiger partial charge in [0.25, 0.3) is 0 Å². The van der Waals surface area contributed by atoms with E-state index >= 15 is 0 Å². The summed E-state index contributed by atoms with van der Waals surface area (Å²) in [6, 6.07) is 0. The molecule has 3 N–H and O–H groups in total. The van der Waals surface area contributed by atoms with Gasteiger partial charge < -0.3 is 33.8 Å². The number of carbonyl (C=O) groups excluding carboxylic acids is 4. The molecule has 0 saturated carbocycles. The second-order valence-electron chi connectivity index (χ2n) is 29.7. The van der Waals surface area contributed by atoms with Crippen LogP contribution < -0.4 is 0 Å². The van der Waals surface area contributed by atoms with Crippen molar-refractivity contribution in [2.24, 2.45) is 17.8 Å². The number of phosphoric acid groups is 2. The minimum atomic E-state index is -4.97. The normalized spacial score (nSPS) is 14.4. The number of esters is 4. The van der Waals surface area contributed by atoms with Crippen LogP contribution in [0.15, 0.2) is 24.3 Å². The molecule has 0 rings (SSSR count). The molecule has 0 spiro atoms. The van der Waals surface area contributed by atoms with E-state index in [1.54, 1.807) is 0 Å². The van der Waals surface area contributed by atoms with Gasteiger partial charge in [0.15, 0.2) is 12.2 Å². The molecule has 0 aromatic carbocycles. The molecule has 0 saturated heterocycles. The van der Waals surface area contributed by atoms with Crippen LogP contribution in [0.5, 0.6) is 0 Å². The molecular formula is C81H154O17P2. The van der Waals surface area contributed by atoms with Crippen molar-refractivity contribution >= 4 is 39.5 Å². The Morgan fingerprint density at radius 3 is 0.890 bits per heavy atom. The van der Waals surface area contributed by atoms with Gasteiger partial charge >= 0.3 is 39.5 Å². The first kappa shape index (κ1) is 97.5. The number of hydrogen-bond acceptors (Lipinski definition) is 15. The van der Waals surface area contributed by atoms with Gasteiger partial charge in [-0.25, -0.2) is 9.13 Å². The molecule has 0 bridgehead atoms. The van der Waals surface area contributed by atoms with E-state index in [0.29, 0.717) is 25.7 Å². The summed E-state index contributed by atoms with van der Waals surface area (Å²) >= 11 is 0. The third kappa shape index (κ3) is 72.5. The second-order valence-corrected chi connectivity index (χ2v) is 32.6. The zero-order chi connectivity index (χ0) is 73.7. The van der Waals surface area contributed by atoms with Crippen molar-refractivity contribution in [1.29, 1.82) is 0 Å². The van der Waals surface area contributed by atoms with Crippen LogP contribution >= 0.6 is 15.6 Å². The molecule has 0 aromatic rings. The molecule has 0 aliphatic rings. The predicted molar refractivity (Wildman–Crippen MR) is 409 cm³/mol. The van der Waals surface area contributed by atoms with E-state index in [2.05, 4.69) is 72.8 Å². The van der Waals surface area contributed by atoms with Gasteiger partial charge in [0, 0.05) is 25.7 Å². The van der Waals surface area contributed by atoms with Gasteiger partial charge in [-0.1, -0.05) is 342 Å². The topological polar surface area (TPSA) is 237 Å². The molecule has 0 heterocycles. The van der Waals surface area contributed by atoms with E-state index in [0.717, 1.165) is 127 Å². The highest BCUT2D eigenvalue weighted by Crippen LogP contribution is 2.45. The Balaban J connectivity index is 5.27. The van der Waals surface area contributed by atoms with Gasteiger partial charge in [-0.3, -0.25) is 37.3 Å². The Labute approximate surface area is 612 Å². The molecule has 19 heteroatoms. The zero-order valence-electron chi connectivity index (χ0n) is 65.2. The van der Waals surface area contributed by atoms with Gasteiger partial charge in [-0.15, -0.1) is 0 Å². The van der Waals surface area contributed by atoms with E-state index in [1.807, 2.05) is 0 Å². The molecule has 0 radical (unpaired) electrons. The first-order valence-electron chi connectivity index (χ1n) is 41.2. The molecule has 0 aliphatic carbocycles. The van der Waals surface area contributed by atoms with Crippen molar-refractivity contribution in [2.45, 2.75) is 414 Å². The van der Waals surface area contributed by atoms with Crippen LogP contribution in [-0.4, -0.2) is 96.7 Å². The molecule has 17 nitrogen and oxygen atoms in total. The lowest BCUT2D eigenvalue weighted by Crippen LogP contribution is -2.30. The lowest BCUT2D eigenvalue weighted by atomic mass is 10.00. The lowest BCUT2D eigenvalue weighted by Gasteiger charge is -2.21. The summed E-state index contributed by atoms with van der Waals surface area (Å²) in [5, 5.41) is 10.6. The number of phosphoric ester groups is 2. The number of allylic oxidation sites excluding steroid dienone is 4. The van der Waals surface area contributed by atoms with Crippen molar-refractivity contribution in [3.8, 4) is 0 Å². The largest absolute Gasteiger partial charge is 0.472 e. The highest BCUT2D eigenvalue weighted by Gasteiger charge is 2.30. The molecule has 0 aromatic heterocycles. The standard InChI is InChI=1S/C81H154O17P2/c1-8-10-11-12-13-14-15-16-19-26-31-36-41-50-57-64-81(86)98-77(69-92-79(84)63-56-49-44-43-47-54-61-74(7)9-2)71-96-100(89,90)94-67-75(82)66-93-99(87,88)95-70-76(97-80(85)65-58-51-42-37-32-27-22-24-29-34-39-46-53-60-73(5)6)68-91-78(83)62-55-48-40-35-30-25-21-18-17-20-23-28-33-38-45-52-59-72(3)4/h14-16,19,72-77,82H,8-13,17-18,20-71H2,1-7H3,(H,87,88)(H,89,90)/b15-14-,19-16-/t74?,75-,76-,77-/m1/s1. The van der Waals surface area contributed by atoms with E-state index in [1.165, 1.54) is 186 Å². The van der Waals surface area contributed by atoms with Crippen molar-refractivity contribution in [3.63, 3.8) is 0 Å². The summed E-state index contributed by atoms with van der Waals surface area (Å²) < 4.78 is 68.7. The fourth-order valence-electron chi connectivity index (χ4n) is 11.9. The van der Waals surface area contributed by atoms with E-state index in [-0.39, 0.29) is 25.7 Å². The fraction of sp³-hybridized carbons (Fsp3) is 0.901. The van der Waals surface area contributed by atoms with Crippen LogP contribution in [0, 0.1) is 17.8 Å². The number of aliphatic hydroxyl groups excluding tert-OH is 1. The Hall–Kier alpha value is -2.46. The maximum Gasteiger partial charge on any atom is 0.472 e. The minimum Gasteiger partial charge on any atom is -0.462 e. The summed E-state index contributed by atoms with van der Waals surface area (Å²) in [5.41, 5.74) is 0. The third-order valence-corrected chi connectivity index (χ3v) is 20.5. The van der Waals surface area contributed by atoms with Crippen molar-refractivity contribution < 1.29 is 80.2 Å². The zero-order valence-corrected chi connectivity index (χ0v) is 66.9. The highest BCUT2D eigenvalue weighted by atomic mass is 31.2. The molecule has 3 unspecified atom stereocenters. The van der Waals surface area contributed by atoms with Crippen LogP contribution in [0.4, 0.5) is 0 Å². The van der Waals surface area contributed by atoms with E-state index in [9.17, 15) is 43.2 Å². The van der Waals surface area contributed by atoms with Crippen molar-refractivity contribution in [2.75, 3.05) is 39.6 Å². The van der Waals surface area contributed by atoms with Crippen LogP contribution in [0.1, 0.15) is 395 Å².